The van der Waals surface area contributed by atoms with E-state index in [9.17, 15) is 38.0 Å². The van der Waals surface area contributed by atoms with Crippen LogP contribution in [0.4, 0.5) is 24.5 Å². The van der Waals surface area contributed by atoms with E-state index < -0.39 is 51.4 Å². The summed E-state index contributed by atoms with van der Waals surface area (Å²) in [5, 5.41) is 22.7. The smallest absolute Gasteiger partial charge is 0.416 e. The number of amides is 1. The van der Waals surface area contributed by atoms with E-state index >= 15 is 0 Å². The number of hydrogen-bond acceptors (Lipinski definition) is 5. The summed E-state index contributed by atoms with van der Waals surface area (Å²) in [5.74, 6) is -3.00. The highest BCUT2D eigenvalue weighted by molar-refractivity contribution is 6.51. The summed E-state index contributed by atoms with van der Waals surface area (Å²) >= 11 is 0. The molecule has 4 rings (SSSR count). The molecule has 172 valence electrons. The number of nitrogens with zero attached hydrogens (tertiary/aromatic N) is 2. The molecule has 0 aliphatic carbocycles. The number of nitro benzene ring substituents is 1. The number of para-hydroxylation sites is 1. The second kappa shape index (κ2) is 8.47. The molecule has 1 N–H and O–H groups in total. The van der Waals surface area contributed by atoms with Crippen LogP contribution in [0.25, 0.3) is 5.76 Å². The van der Waals surface area contributed by atoms with Crippen LogP contribution in [0.1, 0.15) is 22.7 Å². The number of anilines is 1. The van der Waals surface area contributed by atoms with Crippen molar-refractivity contribution in [1.82, 2.24) is 0 Å². The fraction of sp³-hybridized carbons (Fsp3) is 0.0833. The Morgan fingerprint density at radius 3 is 2.24 bits per heavy atom. The lowest BCUT2D eigenvalue weighted by atomic mass is 9.94. The van der Waals surface area contributed by atoms with Gasteiger partial charge in [-0.1, -0.05) is 48.5 Å². The van der Waals surface area contributed by atoms with Crippen molar-refractivity contribution in [2.45, 2.75) is 12.2 Å². The molecule has 0 spiro atoms. The van der Waals surface area contributed by atoms with Crippen LogP contribution in [0.3, 0.4) is 0 Å². The highest BCUT2D eigenvalue weighted by Gasteiger charge is 2.49. The minimum atomic E-state index is -4.73. The van der Waals surface area contributed by atoms with Crippen LogP contribution in [0.2, 0.25) is 0 Å². The predicted molar refractivity (Wildman–Crippen MR) is 116 cm³/mol. The van der Waals surface area contributed by atoms with Crippen molar-refractivity contribution in [3.05, 3.63) is 111 Å². The summed E-state index contributed by atoms with van der Waals surface area (Å²) in [7, 11) is 0. The Labute approximate surface area is 190 Å². The van der Waals surface area contributed by atoms with Gasteiger partial charge in [0.1, 0.15) is 11.8 Å². The Morgan fingerprint density at radius 1 is 0.941 bits per heavy atom. The largest absolute Gasteiger partial charge is 0.507 e. The van der Waals surface area contributed by atoms with E-state index in [2.05, 4.69) is 0 Å². The lowest BCUT2D eigenvalue weighted by Gasteiger charge is -2.25. The number of carbonyl (C=O) groups excluding carboxylic acids is 2. The number of ketones is 1. The average Bonchev–Trinajstić information content (AvgIpc) is 3.09. The van der Waals surface area contributed by atoms with Crippen molar-refractivity contribution in [3.8, 4) is 0 Å². The van der Waals surface area contributed by atoms with Gasteiger partial charge in [0, 0.05) is 17.3 Å². The van der Waals surface area contributed by atoms with Gasteiger partial charge in [-0.2, -0.15) is 13.2 Å². The molecule has 1 saturated heterocycles. The molecule has 1 atom stereocenters. The van der Waals surface area contributed by atoms with Crippen LogP contribution < -0.4 is 4.90 Å². The lowest BCUT2D eigenvalue weighted by Crippen LogP contribution is -2.30. The van der Waals surface area contributed by atoms with Gasteiger partial charge < -0.3 is 5.11 Å². The van der Waals surface area contributed by atoms with Crippen LogP contribution in [0, 0.1) is 10.1 Å². The molecule has 3 aromatic rings. The quantitative estimate of drug-likeness (QED) is 0.186. The van der Waals surface area contributed by atoms with Crippen molar-refractivity contribution in [3.63, 3.8) is 0 Å². The number of aliphatic hydroxyl groups is 1. The summed E-state index contributed by atoms with van der Waals surface area (Å²) in [6, 6.07) is 15.1. The van der Waals surface area contributed by atoms with Gasteiger partial charge in [-0.25, -0.2) is 0 Å². The Bertz CT molecular complexity index is 1340. The van der Waals surface area contributed by atoms with E-state index in [-0.39, 0.29) is 16.8 Å². The van der Waals surface area contributed by atoms with E-state index in [1.165, 1.54) is 36.4 Å². The molecule has 1 unspecified atom stereocenters. The summed E-state index contributed by atoms with van der Waals surface area (Å²) in [6.45, 7) is 0. The van der Waals surface area contributed by atoms with Gasteiger partial charge in [-0.05, 0) is 24.3 Å². The number of alkyl halides is 3. The molecule has 0 aromatic heterocycles. The molecule has 10 heteroatoms. The van der Waals surface area contributed by atoms with Crippen LogP contribution in [-0.4, -0.2) is 21.7 Å². The molecular weight excluding hydrogens is 453 g/mol. The summed E-state index contributed by atoms with van der Waals surface area (Å²) in [4.78, 5) is 37.8. The number of benzene rings is 3. The molecule has 1 heterocycles. The molecule has 0 radical (unpaired) electrons. The molecule has 1 aliphatic rings. The first-order valence-corrected chi connectivity index (χ1v) is 9.88. The standard InChI is InChI=1S/C24H15F3N2O5/c25-24(26,27)15-9-6-10-16(13-15)28-20(17-11-4-5-12-18(17)29(33)34)19(22(31)23(28)32)21(30)14-7-2-1-3-8-14/h1-13,20,30H/b21-19+. The maximum Gasteiger partial charge on any atom is 0.416 e. The van der Waals surface area contributed by atoms with E-state index in [4.69, 9.17) is 0 Å². The van der Waals surface area contributed by atoms with Crippen LogP contribution in [0.5, 0.6) is 0 Å². The second-order valence-corrected chi connectivity index (χ2v) is 7.40. The third-order valence-corrected chi connectivity index (χ3v) is 5.37. The predicted octanol–water partition coefficient (Wildman–Crippen LogP) is 5.24. The zero-order valence-corrected chi connectivity index (χ0v) is 17.2. The number of hydrogen-bond donors (Lipinski definition) is 1. The van der Waals surface area contributed by atoms with Crippen molar-refractivity contribution >= 4 is 28.8 Å². The fourth-order valence-corrected chi connectivity index (χ4v) is 3.86. The maximum atomic E-state index is 13.3. The molecule has 3 aromatic carbocycles. The van der Waals surface area contributed by atoms with Crippen molar-refractivity contribution in [2.24, 2.45) is 0 Å². The normalized spacial score (nSPS) is 17.7. The first-order chi connectivity index (χ1) is 16.1. The zero-order valence-electron chi connectivity index (χ0n) is 17.2. The number of aliphatic hydroxyl groups excluding tert-OH is 1. The van der Waals surface area contributed by atoms with Crippen molar-refractivity contribution < 1.29 is 32.8 Å². The Morgan fingerprint density at radius 2 is 1.59 bits per heavy atom. The van der Waals surface area contributed by atoms with E-state index in [1.54, 1.807) is 18.2 Å². The molecule has 0 bridgehead atoms. The number of carbonyl (C=O) groups is 2. The van der Waals surface area contributed by atoms with Gasteiger partial charge >= 0.3 is 6.18 Å². The van der Waals surface area contributed by atoms with Gasteiger partial charge in [0.2, 0.25) is 0 Å². The van der Waals surface area contributed by atoms with E-state index in [0.717, 1.165) is 23.1 Å². The van der Waals surface area contributed by atoms with E-state index in [0.29, 0.717) is 6.07 Å². The SMILES string of the molecule is O=C1C(=O)N(c2cccc(C(F)(F)F)c2)C(c2ccccc2[N+](=O)[O-])/C1=C(\O)c1ccccc1. The number of nitro groups is 1. The average molecular weight is 468 g/mol. The molecule has 7 nitrogen and oxygen atoms in total. The molecular formula is C24H15F3N2O5. The summed E-state index contributed by atoms with van der Waals surface area (Å²) in [6.07, 6.45) is -4.73. The summed E-state index contributed by atoms with van der Waals surface area (Å²) in [5.41, 5.74) is -2.29. The third-order valence-electron chi connectivity index (χ3n) is 5.37. The van der Waals surface area contributed by atoms with Gasteiger partial charge in [-0.3, -0.25) is 24.6 Å². The minimum absolute atomic E-state index is 0.137. The van der Waals surface area contributed by atoms with Crippen molar-refractivity contribution in [2.75, 3.05) is 4.90 Å². The van der Waals surface area contributed by atoms with Gasteiger partial charge in [0.25, 0.3) is 17.4 Å². The molecule has 1 fully saturated rings. The molecule has 0 saturated carbocycles. The van der Waals surface area contributed by atoms with E-state index in [1.807, 2.05) is 0 Å². The first kappa shape index (κ1) is 22.7. The maximum absolute atomic E-state index is 13.3. The molecule has 34 heavy (non-hydrogen) atoms. The van der Waals surface area contributed by atoms with Crippen LogP contribution in [0.15, 0.2) is 84.4 Å². The lowest BCUT2D eigenvalue weighted by molar-refractivity contribution is -0.385. The number of Topliss-reactive ketones (excluding diaryl/α,β-unsaturated/α-hetero) is 1. The Kier molecular flexibility index (Phi) is 5.66. The summed E-state index contributed by atoms with van der Waals surface area (Å²) < 4.78 is 40.0. The van der Waals surface area contributed by atoms with Crippen LogP contribution in [-0.2, 0) is 15.8 Å². The highest BCUT2D eigenvalue weighted by atomic mass is 19.4. The monoisotopic (exact) mass is 468 g/mol. The van der Waals surface area contributed by atoms with Crippen molar-refractivity contribution in [1.29, 1.82) is 0 Å². The first-order valence-electron chi connectivity index (χ1n) is 9.88. The molecule has 1 amide bonds. The second-order valence-electron chi connectivity index (χ2n) is 7.40. The van der Waals surface area contributed by atoms with Gasteiger partial charge in [0.15, 0.2) is 0 Å². The zero-order chi connectivity index (χ0) is 24.6. The van der Waals surface area contributed by atoms with Gasteiger partial charge in [0.05, 0.1) is 21.6 Å². The molecule has 1 aliphatic heterocycles. The number of rotatable bonds is 4. The minimum Gasteiger partial charge on any atom is -0.507 e. The topological polar surface area (TPSA) is 101 Å². The highest BCUT2D eigenvalue weighted by Crippen LogP contribution is 2.45. The van der Waals surface area contributed by atoms with Crippen LogP contribution >= 0.6 is 0 Å². The number of halogens is 3. The fourth-order valence-electron chi connectivity index (χ4n) is 3.86. The third kappa shape index (κ3) is 3.90. The van der Waals surface area contributed by atoms with Gasteiger partial charge in [-0.15, -0.1) is 0 Å². The Hall–Kier alpha value is -4.47. The Balaban J connectivity index is 2.01.